The third kappa shape index (κ3) is 2.25. The van der Waals surface area contributed by atoms with Gasteiger partial charge in [-0.3, -0.25) is 0 Å². The summed E-state index contributed by atoms with van der Waals surface area (Å²) in [7, 11) is 0. The molecule has 15 heavy (non-hydrogen) atoms. The zero-order valence-corrected chi connectivity index (χ0v) is 9.00. The van der Waals surface area contributed by atoms with Gasteiger partial charge < -0.3 is 11.5 Å². The molecule has 4 N–H and O–H groups in total. The van der Waals surface area contributed by atoms with Gasteiger partial charge >= 0.3 is 0 Å². The van der Waals surface area contributed by atoms with E-state index in [0.29, 0.717) is 11.4 Å². The van der Waals surface area contributed by atoms with Crippen LogP contribution >= 0.6 is 11.8 Å². The fourth-order valence-corrected chi connectivity index (χ4v) is 2.19. The summed E-state index contributed by atoms with van der Waals surface area (Å²) in [4.78, 5) is 2.16. The Kier molecular flexibility index (Phi) is 2.83. The SMILES string of the molecule is Nc1cccc(Sc2ccccc2)c1N. The number of hydrogen-bond acceptors (Lipinski definition) is 3. The van der Waals surface area contributed by atoms with Crippen molar-refractivity contribution >= 4 is 23.1 Å². The Morgan fingerprint density at radius 1 is 0.800 bits per heavy atom. The molecular formula is C12H12N2S. The fraction of sp³-hybridized carbons (Fsp3) is 0. The minimum Gasteiger partial charge on any atom is -0.397 e. The maximum atomic E-state index is 5.88. The van der Waals surface area contributed by atoms with Crippen LogP contribution in [0.5, 0.6) is 0 Å². The Hall–Kier alpha value is -1.61. The molecule has 2 rings (SSSR count). The van der Waals surface area contributed by atoms with E-state index in [1.54, 1.807) is 11.8 Å². The van der Waals surface area contributed by atoms with Gasteiger partial charge in [-0.25, -0.2) is 0 Å². The highest BCUT2D eigenvalue weighted by molar-refractivity contribution is 7.99. The monoisotopic (exact) mass is 216 g/mol. The smallest absolute Gasteiger partial charge is 0.0689 e. The van der Waals surface area contributed by atoms with Crippen LogP contribution in [0.2, 0.25) is 0 Å². The van der Waals surface area contributed by atoms with Crippen molar-refractivity contribution in [3.63, 3.8) is 0 Å². The summed E-state index contributed by atoms with van der Waals surface area (Å²) in [6, 6.07) is 15.8. The van der Waals surface area contributed by atoms with Crippen molar-refractivity contribution in [1.29, 1.82) is 0 Å². The van der Waals surface area contributed by atoms with Gasteiger partial charge in [0, 0.05) is 9.79 Å². The standard InChI is InChI=1S/C12H12N2S/c13-10-7-4-8-11(12(10)14)15-9-5-2-1-3-6-9/h1-8H,13-14H2. The van der Waals surface area contributed by atoms with Crippen molar-refractivity contribution in [2.45, 2.75) is 9.79 Å². The predicted molar refractivity (Wildman–Crippen MR) is 65.8 cm³/mol. The van der Waals surface area contributed by atoms with E-state index >= 15 is 0 Å². The van der Waals surface area contributed by atoms with Gasteiger partial charge in [-0.15, -0.1) is 0 Å². The van der Waals surface area contributed by atoms with Gasteiger partial charge in [0.15, 0.2) is 0 Å². The molecule has 2 aromatic rings. The van der Waals surface area contributed by atoms with Gasteiger partial charge in [-0.1, -0.05) is 36.0 Å². The number of anilines is 2. The first-order chi connectivity index (χ1) is 7.27. The van der Waals surface area contributed by atoms with Crippen LogP contribution in [0, 0.1) is 0 Å². The zero-order valence-electron chi connectivity index (χ0n) is 8.18. The molecule has 2 nitrogen and oxygen atoms in total. The van der Waals surface area contributed by atoms with Crippen molar-refractivity contribution in [3.05, 3.63) is 48.5 Å². The van der Waals surface area contributed by atoms with Crippen LogP contribution in [0.1, 0.15) is 0 Å². The number of hydrogen-bond donors (Lipinski definition) is 2. The van der Waals surface area contributed by atoms with Crippen molar-refractivity contribution < 1.29 is 0 Å². The van der Waals surface area contributed by atoms with E-state index < -0.39 is 0 Å². The lowest BCUT2D eigenvalue weighted by molar-refractivity contribution is 1.41. The van der Waals surface area contributed by atoms with Crippen LogP contribution in [0.15, 0.2) is 58.3 Å². The van der Waals surface area contributed by atoms with Crippen LogP contribution in [-0.2, 0) is 0 Å². The molecule has 0 amide bonds. The third-order valence-corrected chi connectivity index (χ3v) is 3.15. The lowest BCUT2D eigenvalue weighted by atomic mass is 10.3. The first kappa shape index (κ1) is 9.93. The molecule has 0 saturated heterocycles. The topological polar surface area (TPSA) is 52.0 Å². The second-order valence-corrected chi connectivity index (χ2v) is 4.29. The Balaban J connectivity index is 2.29. The van der Waals surface area contributed by atoms with E-state index in [0.717, 1.165) is 9.79 Å². The quantitative estimate of drug-likeness (QED) is 0.759. The van der Waals surface area contributed by atoms with Crippen LogP contribution in [0.4, 0.5) is 11.4 Å². The number of benzene rings is 2. The normalized spacial score (nSPS) is 10.1. The third-order valence-electron chi connectivity index (χ3n) is 2.07. The first-order valence-corrected chi connectivity index (χ1v) is 5.46. The summed E-state index contributed by atoms with van der Waals surface area (Å²) in [6.07, 6.45) is 0. The molecule has 0 saturated carbocycles. The van der Waals surface area contributed by atoms with Gasteiger partial charge in [0.2, 0.25) is 0 Å². The summed E-state index contributed by atoms with van der Waals surface area (Å²) >= 11 is 1.62. The summed E-state index contributed by atoms with van der Waals surface area (Å²) < 4.78 is 0. The van der Waals surface area contributed by atoms with Crippen LogP contribution in [-0.4, -0.2) is 0 Å². The van der Waals surface area contributed by atoms with Crippen molar-refractivity contribution in [2.75, 3.05) is 11.5 Å². The molecule has 0 aromatic heterocycles. The van der Waals surface area contributed by atoms with Gasteiger partial charge in [0.05, 0.1) is 11.4 Å². The summed E-state index contributed by atoms with van der Waals surface area (Å²) in [6.45, 7) is 0. The molecule has 0 aliphatic carbocycles. The van der Waals surface area contributed by atoms with Crippen LogP contribution < -0.4 is 11.5 Å². The second-order valence-electron chi connectivity index (χ2n) is 3.17. The molecular weight excluding hydrogens is 204 g/mol. The largest absolute Gasteiger partial charge is 0.397 e. The molecule has 0 radical (unpaired) electrons. The van der Waals surface area contributed by atoms with E-state index in [-0.39, 0.29) is 0 Å². The predicted octanol–water partition coefficient (Wildman–Crippen LogP) is 3.00. The average molecular weight is 216 g/mol. The fourth-order valence-electron chi connectivity index (χ4n) is 1.27. The van der Waals surface area contributed by atoms with Gasteiger partial charge in [-0.2, -0.15) is 0 Å². The molecule has 0 aliphatic rings. The Morgan fingerprint density at radius 2 is 1.53 bits per heavy atom. The molecule has 0 unspecified atom stereocenters. The molecule has 0 fully saturated rings. The summed E-state index contributed by atoms with van der Waals surface area (Å²) in [5.74, 6) is 0. The molecule has 0 atom stereocenters. The molecule has 0 heterocycles. The maximum Gasteiger partial charge on any atom is 0.0689 e. The molecule has 0 spiro atoms. The zero-order chi connectivity index (χ0) is 10.7. The minimum atomic E-state index is 0.635. The maximum absolute atomic E-state index is 5.88. The Labute approximate surface area is 93.3 Å². The molecule has 2 aromatic carbocycles. The van der Waals surface area contributed by atoms with Crippen molar-refractivity contribution in [2.24, 2.45) is 0 Å². The molecule has 3 heteroatoms. The van der Waals surface area contributed by atoms with Crippen molar-refractivity contribution in [1.82, 2.24) is 0 Å². The number of nitrogen functional groups attached to an aromatic ring is 2. The van der Waals surface area contributed by atoms with Crippen molar-refractivity contribution in [3.8, 4) is 0 Å². The molecule has 0 aliphatic heterocycles. The van der Waals surface area contributed by atoms with E-state index in [1.807, 2.05) is 48.5 Å². The number of nitrogens with two attached hydrogens (primary N) is 2. The van der Waals surface area contributed by atoms with E-state index in [2.05, 4.69) is 0 Å². The van der Waals surface area contributed by atoms with Crippen LogP contribution in [0.3, 0.4) is 0 Å². The molecule has 76 valence electrons. The van der Waals surface area contributed by atoms with Gasteiger partial charge in [0.1, 0.15) is 0 Å². The Morgan fingerprint density at radius 3 is 2.27 bits per heavy atom. The minimum absolute atomic E-state index is 0.635. The highest BCUT2D eigenvalue weighted by atomic mass is 32.2. The number of rotatable bonds is 2. The summed E-state index contributed by atoms with van der Waals surface area (Å²) in [5.41, 5.74) is 12.9. The van der Waals surface area contributed by atoms with E-state index in [4.69, 9.17) is 11.5 Å². The first-order valence-electron chi connectivity index (χ1n) is 4.64. The number of para-hydroxylation sites is 1. The van der Waals surface area contributed by atoms with Gasteiger partial charge in [-0.05, 0) is 24.3 Å². The highest BCUT2D eigenvalue weighted by Gasteiger charge is 2.03. The van der Waals surface area contributed by atoms with Gasteiger partial charge in [0.25, 0.3) is 0 Å². The highest BCUT2D eigenvalue weighted by Crippen LogP contribution is 2.34. The van der Waals surface area contributed by atoms with Crippen LogP contribution in [0.25, 0.3) is 0 Å². The summed E-state index contributed by atoms with van der Waals surface area (Å²) in [5, 5.41) is 0. The second kappa shape index (κ2) is 4.28. The Bertz CT molecular complexity index is 454. The average Bonchev–Trinajstić information content (AvgIpc) is 2.26. The molecule has 0 bridgehead atoms. The lowest BCUT2D eigenvalue weighted by Crippen LogP contribution is -1.95. The lowest BCUT2D eigenvalue weighted by Gasteiger charge is -2.07. The van der Waals surface area contributed by atoms with E-state index in [9.17, 15) is 0 Å². The van der Waals surface area contributed by atoms with E-state index in [1.165, 1.54) is 0 Å².